The van der Waals surface area contributed by atoms with Gasteiger partial charge in [-0.15, -0.1) is 0 Å². The van der Waals surface area contributed by atoms with Crippen molar-refractivity contribution < 1.29 is 4.48 Å². The zero-order chi connectivity index (χ0) is 14.8. The van der Waals surface area contributed by atoms with Gasteiger partial charge in [-0.3, -0.25) is 0 Å². The summed E-state index contributed by atoms with van der Waals surface area (Å²) in [5.41, 5.74) is 1.37. The Morgan fingerprint density at radius 3 is 2.20 bits per heavy atom. The first kappa shape index (κ1) is 17.0. The number of quaternary nitrogens is 1. The molecule has 0 aliphatic heterocycles. The maximum atomic E-state index is 4.06. The Morgan fingerprint density at radius 2 is 1.60 bits per heavy atom. The van der Waals surface area contributed by atoms with E-state index in [-0.39, 0.29) is 0 Å². The molecule has 0 aliphatic rings. The maximum Gasteiger partial charge on any atom is 0.133 e. The fourth-order valence-electron chi connectivity index (χ4n) is 2.91. The SMILES string of the molecule is C=CC(c1ccccc1)[N+](C)(C)CCCCCCCC. The molecule has 1 aromatic rings. The average molecular weight is 274 g/mol. The van der Waals surface area contributed by atoms with Crippen LogP contribution in [-0.2, 0) is 0 Å². The van der Waals surface area contributed by atoms with Crippen LogP contribution >= 0.6 is 0 Å². The average Bonchev–Trinajstić information content (AvgIpc) is 2.44. The zero-order valence-electron chi connectivity index (χ0n) is 13.6. The Kier molecular flexibility index (Phi) is 7.61. The summed E-state index contributed by atoms with van der Waals surface area (Å²) in [6.45, 7) is 7.55. The van der Waals surface area contributed by atoms with E-state index in [0.717, 1.165) is 4.48 Å². The molecule has 1 heteroatoms. The molecule has 20 heavy (non-hydrogen) atoms. The van der Waals surface area contributed by atoms with Crippen molar-refractivity contribution in [1.82, 2.24) is 0 Å². The lowest BCUT2D eigenvalue weighted by Crippen LogP contribution is -2.43. The Bertz CT molecular complexity index is 367. The van der Waals surface area contributed by atoms with E-state index in [0.29, 0.717) is 6.04 Å². The first-order chi connectivity index (χ1) is 9.61. The molecule has 0 amide bonds. The Labute approximate surface area is 125 Å². The highest BCUT2D eigenvalue weighted by molar-refractivity contribution is 5.20. The molecule has 0 aromatic heterocycles. The summed E-state index contributed by atoms with van der Waals surface area (Å²) in [5.74, 6) is 0. The Morgan fingerprint density at radius 1 is 1.00 bits per heavy atom. The van der Waals surface area contributed by atoms with Gasteiger partial charge in [-0.1, -0.05) is 69.5 Å². The number of hydrogen-bond donors (Lipinski definition) is 0. The van der Waals surface area contributed by atoms with Gasteiger partial charge < -0.3 is 4.48 Å². The van der Waals surface area contributed by atoms with E-state index >= 15 is 0 Å². The second-order valence-corrected chi connectivity index (χ2v) is 6.36. The van der Waals surface area contributed by atoms with Crippen LogP contribution in [0.3, 0.4) is 0 Å². The van der Waals surface area contributed by atoms with Gasteiger partial charge in [-0.25, -0.2) is 0 Å². The third-order valence-electron chi connectivity index (χ3n) is 4.21. The van der Waals surface area contributed by atoms with Crippen molar-refractivity contribution in [3.8, 4) is 0 Å². The van der Waals surface area contributed by atoms with Crippen LogP contribution in [0.1, 0.15) is 57.1 Å². The minimum atomic E-state index is 0.395. The third kappa shape index (κ3) is 5.50. The van der Waals surface area contributed by atoms with Crippen LogP contribution in [0, 0.1) is 0 Å². The molecule has 1 aromatic carbocycles. The van der Waals surface area contributed by atoms with Gasteiger partial charge in [0.25, 0.3) is 0 Å². The summed E-state index contributed by atoms with van der Waals surface area (Å²) in [5, 5.41) is 0. The molecule has 112 valence electrons. The lowest BCUT2D eigenvalue weighted by molar-refractivity contribution is -0.914. The monoisotopic (exact) mass is 274 g/mol. The van der Waals surface area contributed by atoms with E-state index in [1.54, 1.807) is 0 Å². The fraction of sp³-hybridized carbons (Fsp3) is 0.579. The van der Waals surface area contributed by atoms with Gasteiger partial charge in [-0.05, 0) is 18.9 Å². The van der Waals surface area contributed by atoms with Gasteiger partial charge in [0.2, 0.25) is 0 Å². The molecule has 0 fully saturated rings. The number of nitrogens with zero attached hydrogens (tertiary/aromatic N) is 1. The van der Waals surface area contributed by atoms with Crippen molar-refractivity contribution >= 4 is 0 Å². The molecule has 0 saturated heterocycles. The molecule has 0 radical (unpaired) electrons. The standard InChI is InChI=1S/C19H32N/c1-5-7-8-9-10-14-17-20(3,4)19(6-2)18-15-12-11-13-16-18/h6,11-13,15-16,19H,2,5,7-10,14,17H2,1,3-4H3/q+1. The van der Waals surface area contributed by atoms with Crippen molar-refractivity contribution in [2.75, 3.05) is 20.6 Å². The van der Waals surface area contributed by atoms with Crippen molar-refractivity contribution in [2.45, 2.75) is 51.5 Å². The van der Waals surface area contributed by atoms with E-state index in [2.05, 4.69) is 64.0 Å². The second kappa shape index (κ2) is 8.97. The molecule has 0 N–H and O–H groups in total. The molecule has 1 rings (SSSR count). The second-order valence-electron chi connectivity index (χ2n) is 6.36. The number of rotatable bonds is 10. The van der Waals surface area contributed by atoms with Gasteiger partial charge in [-0.2, -0.15) is 0 Å². The lowest BCUT2D eigenvalue weighted by Gasteiger charge is -2.37. The van der Waals surface area contributed by atoms with Crippen molar-refractivity contribution in [1.29, 1.82) is 0 Å². The van der Waals surface area contributed by atoms with Crippen LogP contribution < -0.4 is 0 Å². The zero-order valence-corrected chi connectivity index (χ0v) is 13.6. The highest BCUT2D eigenvalue weighted by Crippen LogP contribution is 2.26. The highest BCUT2D eigenvalue weighted by Gasteiger charge is 2.26. The molecule has 1 nitrogen and oxygen atoms in total. The first-order valence-corrected chi connectivity index (χ1v) is 8.12. The van der Waals surface area contributed by atoms with Crippen LogP contribution in [0.5, 0.6) is 0 Å². The van der Waals surface area contributed by atoms with Crippen LogP contribution in [0.2, 0.25) is 0 Å². The van der Waals surface area contributed by atoms with Crippen molar-refractivity contribution in [3.63, 3.8) is 0 Å². The summed E-state index contributed by atoms with van der Waals surface area (Å²) in [4.78, 5) is 0. The molecule has 1 atom stereocenters. The van der Waals surface area contributed by atoms with Gasteiger partial charge in [0, 0.05) is 5.56 Å². The largest absolute Gasteiger partial charge is 0.319 e. The topological polar surface area (TPSA) is 0 Å². The minimum absolute atomic E-state index is 0.395. The summed E-state index contributed by atoms with van der Waals surface area (Å²) in [6, 6.07) is 11.2. The smallest absolute Gasteiger partial charge is 0.133 e. The number of benzene rings is 1. The molecular weight excluding hydrogens is 242 g/mol. The van der Waals surface area contributed by atoms with E-state index in [4.69, 9.17) is 0 Å². The predicted molar refractivity (Wildman–Crippen MR) is 89.7 cm³/mol. The van der Waals surface area contributed by atoms with Crippen LogP contribution in [0.4, 0.5) is 0 Å². The summed E-state index contributed by atoms with van der Waals surface area (Å²) >= 11 is 0. The molecule has 0 spiro atoms. The summed E-state index contributed by atoms with van der Waals surface area (Å²) in [6.07, 6.45) is 10.3. The van der Waals surface area contributed by atoms with Gasteiger partial charge in [0.05, 0.1) is 20.6 Å². The minimum Gasteiger partial charge on any atom is -0.319 e. The quantitative estimate of drug-likeness (QED) is 0.306. The van der Waals surface area contributed by atoms with Crippen LogP contribution in [0.25, 0.3) is 0 Å². The van der Waals surface area contributed by atoms with Crippen molar-refractivity contribution in [3.05, 3.63) is 48.6 Å². The maximum absolute atomic E-state index is 4.06. The molecule has 0 aliphatic carbocycles. The number of likely N-dealkylation sites (N-methyl/N-ethyl adjacent to an activating group) is 1. The van der Waals surface area contributed by atoms with Gasteiger partial charge in [0.1, 0.15) is 6.04 Å². The number of hydrogen-bond acceptors (Lipinski definition) is 0. The Hall–Kier alpha value is -1.08. The van der Waals surface area contributed by atoms with Gasteiger partial charge >= 0.3 is 0 Å². The number of unbranched alkanes of at least 4 members (excludes halogenated alkanes) is 5. The van der Waals surface area contributed by atoms with E-state index < -0.39 is 0 Å². The summed E-state index contributed by atoms with van der Waals surface area (Å²) in [7, 11) is 4.65. The van der Waals surface area contributed by atoms with Gasteiger partial charge in [0.15, 0.2) is 0 Å². The normalized spacial score (nSPS) is 13.2. The van der Waals surface area contributed by atoms with Crippen LogP contribution in [-0.4, -0.2) is 25.1 Å². The fourth-order valence-corrected chi connectivity index (χ4v) is 2.91. The molecule has 1 unspecified atom stereocenters. The molecular formula is C19H32N+. The van der Waals surface area contributed by atoms with E-state index in [1.165, 1.54) is 50.6 Å². The van der Waals surface area contributed by atoms with Crippen LogP contribution in [0.15, 0.2) is 43.0 Å². The summed E-state index contributed by atoms with van der Waals surface area (Å²) < 4.78 is 1.00. The Balaban J connectivity index is 2.47. The molecule has 0 bridgehead atoms. The van der Waals surface area contributed by atoms with E-state index in [1.807, 2.05) is 0 Å². The molecule has 0 heterocycles. The molecule has 0 saturated carbocycles. The van der Waals surface area contributed by atoms with E-state index in [9.17, 15) is 0 Å². The predicted octanol–water partition coefficient (Wildman–Crippen LogP) is 5.35. The lowest BCUT2D eigenvalue weighted by atomic mass is 10.0. The third-order valence-corrected chi connectivity index (χ3v) is 4.21. The highest BCUT2D eigenvalue weighted by atomic mass is 15.3. The van der Waals surface area contributed by atoms with Crippen molar-refractivity contribution in [2.24, 2.45) is 0 Å². The first-order valence-electron chi connectivity index (χ1n) is 8.12.